The summed E-state index contributed by atoms with van der Waals surface area (Å²) in [5.41, 5.74) is 0.202. The van der Waals surface area contributed by atoms with Crippen molar-refractivity contribution in [1.29, 1.82) is 0 Å². The van der Waals surface area contributed by atoms with Crippen molar-refractivity contribution in [1.82, 2.24) is 0 Å². The number of hydrogen-bond donors (Lipinski definition) is 0. The van der Waals surface area contributed by atoms with Crippen LogP contribution in [0.15, 0.2) is 23.2 Å². The van der Waals surface area contributed by atoms with E-state index in [9.17, 15) is 13.6 Å². The molecule has 3 rings (SSSR count). The molecule has 0 aromatic heterocycles. The van der Waals surface area contributed by atoms with Crippen LogP contribution in [0.5, 0.6) is 0 Å². The molecule has 4 heteroatoms. The third kappa shape index (κ3) is 2.30. The molecule has 2 atom stereocenters. The zero-order chi connectivity index (χ0) is 15.0. The van der Waals surface area contributed by atoms with E-state index in [4.69, 9.17) is 0 Å². The lowest BCUT2D eigenvalue weighted by Gasteiger charge is -2.35. The largest absolute Gasteiger partial charge is 0.299 e. The number of hydrogen-bond acceptors (Lipinski definition) is 2. The van der Waals surface area contributed by atoms with Crippen LogP contribution in [-0.2, 0) is 4.79 Å². The van der Waals surface area contributed by atoms with Gasteiger partial charge in [-0.15, -0.1) is 0 Å². The Morgan fingerprint density at radius 3 is 2.52 bits per heavy atom. The molecule has 21 heavy (non-hydrogen) atoms. The molecular weight excluding hydrogens is 272 g/mol. The van der Waals surface area contributed by atoms with Crippen molar-refractivity contribution < 1.29 is 13.6 Å². The summed E-state index contributed by atoms with van der Waals surface area (Å²) >= 11 is 0. The Kier molecular flexibility index (Phi) is 3.64. The number of halogens is 2. The van der Waals surface area contributed by atoms with Crippen LogP contribution in [0.25, 0.3) is 0 Å². The van der Waals surface area contributed by atoms with Gasteiger partial charge in [0.2, 0.25) is 0 Å². The first-order valence-corrected chi connectivity index (χ1v) is 7.59. The van der Waals surface area contributed by atoms with Gasteiger partial charge < -0.3 is 0 Å². The molecular formula is C17H19F2NO. The van der Waals surface area contributed by atoms with Crippen molar-refractivity contribution in [2.24, 2.45) is 16.3 Å². The maximum Gasteiger partial charge on any atom is 0.151 e. The van der Waals surface area contributed by atoms with E-state index in [2.05, 4.69) is 4.99 Å². The van der Waals surface area contributed by atoms with E-state index in [-0.39, 0.29) is 17.0 Å². The molecule has 1 aromatic carbocycles. The number of Topliss-reactive ketones (excluding diaryl/α,β-unsaturated/α-hetero) is 1. The summed E-state index contributed by atoms with van der Waals surface area (Å²) in [7, 11) is 0. The summed E-state index contributed by atoms with van der Waals surface area (Å²) < 4.78 is 27.5. The summed E-state index contributed by atoms with van der Waals surface area (Å²) in [6.45, 7) is 1.98. The molecule has 2 aliphatic carbocycles. The third-order valence-electron chi connectivity index (χ3n) is 5.18. The predicted molar refractivity (Wildman–Crippen MR) is 77.8 cm³/mol. The minimum Gasteiger partial charge on any atom is -0.299 e. The van der Waals surface area contributed by atoms with E-state index in [0.29, 0.717) is 18.6 Å². The van der Waals surface area contributed by atoms with Crippen LogP contribution in [0.4, 0.5) is 14.5 Å². The average molecular weight is 291 g/mol. The van der Waals surface area contributed by atoms with Crippen molar-refractivity contribution >= 4 is 17.2 Å². The molecule has 1 aromatic rings. The fraction of sp³-hybridized carbons (Fsp3) is 0.529. The number of para-hydroxylation sites is 1. The topological polar surface area (TPSA) is 29.4 Å². The summed E-state index contributed by atoms with van der Waals surface area (Å²) in [4.78, 5) is 16.6. The van der Waals surface area contributed by atoms with Crippen molar-refractivity contribution in [2.75, 3.05) is 0 Å². The molecule has 2 saturated carbocycles. The van der Waals surface area contributed by atoms with Crippen LogP contribution < -0.4 is 0 Å². The average Bonchev–Trinajstić information content (AvgIpc) is 2.76. The molecule has 0 radical (unpaired) electrons. The maximum absolute atomic E-state index is 13.7. The van der Waals surface area contributed by atoms with Crippen molar-refractivity contribution in [3.05, 3.63) is 29.8 Å². The van der Waals surface area contributed by atoms with Gasteiger partial charge in [-0.25, -0.2) is 8.78 Å². The van der Waals surface area contributed by atoms with Crippen LogP contribution in [0.3, 0.4) is 0 Å². The molecule has 2 aliphatic rings. The molecule has 0 aliphatic heterocycles. The zero-order valence-electron chi connectivity index (χ0n) is 12.2. The van der Waals surface area contributed by atoms with Crippen molar-refractivity contribution in [3.63, 3.8) is 0 Å². The van der Waals surface area contributed by atoms with Gasteiger partial charge in [0, 0.05) is 23.5 Å². The SMILES string of the molecule is CC1C(=Nc2c(F)cccc2F)CCC12CCCCC2=O. The Hall–Kier alpha value is -1.58. The first-order chi connectivity index (χ1) is 10.0. The van der Waals surface area contributed by atoms with Gasteiger partial charge in [-0.1, -0.05) is 19.4 Å². The molecule has 2 unspecified atom stereocenters. The maximum atomic E-state index is 13.7. The van der Waals surface area contributed by atoms with Crippen LogP contribution in [-0.4, -0.2) is 11.5 Å². The molecule has 2 nitrogen and oxygen atoms in total. The fourth-order valence-electron chi connectivity index (χ4n) is 3.83. The third-order valence-corrected chi connectivity index (χ3v) is 5.18. The molecule has 0 heterocycles. The normalized spacial score (nSPS) is 31.3. The van der Waals surface area contributed by atoms with Crippen molar-refractivity contribution in [3.8, 4) is 0 Å². The minimum atomic E-state index is -0.648. The van der Waals surface area contributed by atoms with Gasteiger partial charge in [-0.3, -0.25) is 9.79 Å². The lowest BCUT2D eigenvalue weighted by atomic mass is 9.67. The first-order valence-electron chi connectivity index (χ1n) is 7.59. The highest BCUT2D eigenvalue weighted by Crippen LogP contribution is 2.50. The lowest BCUT2D eigenvalue weighted by Crippen LogP contribution is -2.37. The quantitative estimate of drug-likeness (QED) is 0.743. The number of rotatable bonds is 1. The second kappa shape index (κ2) is 5.32. The Labute approximate surface area is 123 Å². The second-order valence-corrected chi connectivity index (χ2v) is 6.18. The molecule has 2 fully saturated rings. The van der Waals surface area contributed by atoms with Gasteiger partial charge in [-0.2, -0.15) is 0 Å². The first kappa shape index (κ1) is 14.4. The molecule has 1 spiro atoms. The summed E-state index contributed by atoms with van der Waals surface area (Å²) in [6, 6.07) is 3.76. The van der Waals surface area contributed by atoms with Crippen LogP contribution >= 0.6 is 0 Å². The van der Waals surface area contributed by atoms with Crippen LogP contribution in [0.1, 0.15) is 45.4 Å². The Morgan fingerprint density at radius 1 is 1.14 bits per heavy atom. The summed E-state index contributed by atoms with van der Waals surface area (Å²) in [6.07, 6.45) is 4.94. The van der Waals surface area contributed by atoms with Gasteiger partial charge in [0.1, 0.15) is 11.5 Å². The smallest absolute Gasteiger partial charge is 0.151 e. The predicted octanol–water partition coefficient (Wildman–Crippen LogP) is 4.60. The number of carbonyl (C=O) groups excluding carboxylic acids is 1. The number of carbonyl (C=O) groups is 1. The Morgan fingerprint density at radius 2 is 1.86 bits per heavy atom. The molecule has 0 saturated heterocycles. The highest BCUT2D eigenvalue weighted by atomic mass is 19.1. The highest BCUT2D eigenvalue weighted by Gasteiger charge is 2.49. The molecule has 112 valence electrons. The van der Waals surface area contributed by atoms with E-state index >= 15 is 0 Å². The molecule has 0 bridgehead atoms. The summed E-state index contributed by atoms with van der Waals surface area (Å²) in [5.74, 6) is -1.01. The zero-order valence-corrected chi connectivity index (χ0v) is 12.2. The van der Waals surface area contributed by atoms with E-state index in [1.54, 1.807) is 0 Å². The van der Waals surface area contributed by atoms with Gasteiger partial charge in [0.25, 0.3) is 0 Å². The second-order valence-electron chi connectivity index (χ2n) is 6.18. The van der Waals surface area contributed by atoms with E-state index in [0.717, 1.165) is 31.4 Å². The highest BCUT2D eigenvalue weighted by molar-refractivity contribution is 5.99. The Balaban J connectivity index is 1.95. The van der Waals surface area contributed by atoms with E-state index < -0.39 is 11.6 Å². The standard InChI is InChI=1S/C17H19F2NO/c1-11-14(20-16-12(18)5-4-6-13(16)19)8-10-17(11)9-3-2-7-15(17)21/h4-6,11H,2-3,7-10H2,1H3. The lowest BCUT2D eigenvalue weighted by molar-refractivity contribution is -0.132. The summed E-state index contributed by atoms with van der Waals surface area (Å²) in [5, 5.41) is 0. The van der Waals surface area contributed by atoms with Crippen LogP contribution in [0.2, 0.25) is 0 Å². The van der Waals surface area contributed by atoms with E-state index in [1.807, 2.05) is 6.92 Å². The van der Waals surface area contributed by atoms with Crippen molar-refractivity contribution in [2.45, 2.75) is 45.4 Å². The number of benzene rings is 1. The van der Waals surface area contributed by atoms with Gasteiger partial charge in [-0.05, 0) is 37.8 Å². The minimum absolute atomic E-state index is 0.0238. The number of nitrogens with zero attached hydrogens (tertiary/aromatic N) is 1. The fourth-order valence-corrected chi connectivity index (χ4v) is 3.83. The Bertz CT molecular complexity index is 591. The molecule has 0 amide bonds. The monoisotopic (exact) mass is 291 g/mol. The number of aliphatic imine (C=N–C) groups is 1. The van der Waals surface area contributed by atoms with Gasteiger partial charge in [0.05, 0.1) is 0 Å². The van der Waals surface area contributed by atoms with Gasteiger partial charge in [0.15, 0.2) is 11.6 Å². The molecule has 0 N–H and O–H groups in total. The van der Waals surface area contributed by atoms with Gasteiger partial charge >= 0.3 is 0 Å². The van der Waals surface area contributed by atoms with Crippen LogP contribution in [0, 0.1) is 23.0 Å². The number of ketones is 1. The van der Waals surface area contributed by atoms with E-state index in [1.165, 1.54) is 18.2 Å².